The number of rotatable bonds is 5. The Morgan fingerprint density at radius 1 is 1.22 bits per heavy atom. The van der Waals surface area contributed by atoms with Gasteiger partial charge in [-0.05, 0) is 66.1 Å². The van der Waals surface area contributed by atoms with Crippen LogP contribution in [0.1, 0.15) is 25.2 Å². The molecule has 11 heteroatoms. The van der Waals surface area contributed by atoms with Gasteiger partial charge in [0.15, 0.2) is 5.65 Å². The molecule has 0 unspecified atom stereocenters. The van der Waals surface area contributed by atoms with Crippen LogP contribution >= 0.6 is 22.6 Å². The Hall–Kier alpha value is -3.09. The quantitative estimate of drug-likeness (QED) is 0.368. The lowest BCUT2D eigenvalue weighted by molar-refractivity contribution is -0.124. The van der Waals surface area contributed by atoms with Crippen LogP contribution in [0.2, 0.25) is 0 Å². The van der Waals surface area contributed by atoms with Gasteiger partial charge < -0.3 is 15.1 Å². The summed E-state index contributed by atoms with van der Waals surface area (Å²) in [5.41, 5.74) is 2.42. The van der Waals surface area contributed by atoms with E-state index < -0.39 is 0 Å². The standard InChI is InChI=1S/C21H21IN8O2/c1-11-27-28-20(32-11)12-4-7-15(8-5-12)30-18-16(17(22)29-30)10-24-21(26-18)25-14-6-3-13(9-14)19(31)23-2/h4-5,7-8,10,13-14H,3,6,9H2,1-2H3,(H,23,31)(H,24,25,26)/t13-,14-/m1/s1. The molecule has 1 aliphatic carbocycles. The van der Waals surface area contributed by atoms with Crippen molar-refractivity contribution in [2.24, 2.45) is 5.92 Å². The van der Waals surface area contributed by atoms with Crippen molar-refractivity contribution >= 4 is 45.5 Å². The summed E-state index contributed by atoms with van der Waals surface area (Å²) >= 11 is 2.19. The van der Waals surface area contributed by atoms with Crippen LogP contribution in [0.4, 0.5) is 5.95 Å². The highest BCUT2D eigenvalue weighted by atomic mass is 127. The molecule has 5 rings (SSSR count). The maximum atomic E-state index is 11.9. The Bertz CT molecular complexity index is 1280. The van der Waals surface area contributed by atoms with E-state index in [9.17, 15) is 4.79 Å². The maximum absolute atomic E-state index is 11.9. The summed E-state index contributed by atoms with van der Waals surface area (Å²) in [5.74, 6) is 1.67. The number of aromatic nitrogens is 6. The summed E-state index contributed by atoms with van der Waals surface area (Å²) in [4.78, 5) is 21.1. The minimum Gasteiger partial charge on any atom is -0.421 e. The molecule has 1 fully saturated rings. The fraction of sp³-hybridized carbons (Fsp3) is 0.333. The fourth-order valence-corrected chi connectivity index (χ4v) is 4.61. The average Bonchev–Trinajstić information content (AvgIpc) is 3.53. The first-order valence-corrected chi connectivity index (χ1v) is 11.4. The van der Waals surface area contributed by atoms with Crippen molar-refractivity contribution in [3.8, 4) is 17.1 Å². The summed E-state index contributed by atoms with van der Waals surface area (Å²) in [6, 6.07) is 7.89. The molecule has 1 aromatic carbocycles. The average molecular weight is 544 g/mol. The van der Waals surface area contributed by atoms with Crippen molar-refractivity contribution in [2.75, 3.05) is 12.4 Å². The second kappa shape index (κ2) is 8.45. The van der Waals surface area contributed by atoms with E-state index in [1.165, 1.54) is 0 Å². The Balaban J connectivity index is 1.41. The predicted octanol–water partition coefficient (Wildman–Crippen LogP) is 3.11. The van der Waals surface area contributed by atoms with E-state index in [2.05, 4.69) is 53.5 Å². The molecule has 32 heavy (non-hydrogen) atoms. The van der Waals surface area contributed by atoms with Gasteiger partial charge in [-0.15, -0.1) is 10.2 Å². The number of carbonyl (C=O) groups excluding carboxylic acids is 1. The number of benzene rings is 1. The zero-order valence-corrected chi connectivity index (χ0v) is 19.7. The Labute approximate surface area is 197 Å². The molecule has 3 aromatic heterocycles. The fourth-order valence-electron chi connectivity index (χ4n) is 4.01. The number of hydrogen-bond donors (Lipinski definition) is 2. The molecule has 0 spiro atoms. The van der Waals surface area contributed by atoms with E-state index in [4.69, 9.17) is 9.40 Å². The first kappa shape index (κ1) is 20.8. The van der Waals surface area contributed by atoms with Gasteiger partial charge >= 0.3 is 0 Å². The molecule has 2 N–H and O–H groups in total. The van der Waals surface area contributed by atoms with Crippen molar-refractivity contribution in [3.05, 3.63) is 40.1 Å². The lowest BCUT2D eigenvalue weighted by Gasteiger charge is -2.13. The third-order valence-corrected chi connectivity index (χ3v) is 6.44. The number of carbonyl (C=O) groups is 1. The summed E-state index contributed by atoms with van der Waals surface area (Å²) in [5, 5.41) is 19.6. The molecule has 164 valence electrons. The van der Waals surface area contributed by atoms with Crippen molar-refractivity contribution in [1.82, 2.24) is 35.3 Å². The zero-order chi connectivity index (χ0) is 22.2. The number of fused-ring (bicyclic) bond motifs is 1. The van der Waals surface area contributed by atoms with Crippen molar-refractivity contribution < 1.29 is 9.21 Å². The van der Waals surface area contributed by atoms with E-state index in [1.54, 1.807) is 24.9 Å². The summed E-state index contributed by atoms with van der Waals surface area (Å²) in [6.07, 6.45) is 4.33. The van der Waals surface area contributed by atoms with E-state index >= 15 is 0 Å². The van der Waals surface area contributed by atoms with Crippen LogP contribution in [0, 0.1) is 16.5 Å². The maximum Gasteiger partial charge on any atom is 0.247 e. The van der Waals surface area contributed by atoms with Crippen LogP contribution in [0.15, 0.2) is 34.9 Å². The summed E-state index contributed by atoms with van der Waals surface area (Å²) < 4.78 is 8.12. The Morgan fingerprint density at radius 2 is 2.03 bits per heavy atom. The van der Waals surface area contributed by atoms with Gasteiger partial charge in [-0.1, -0.05) is 0 Å². The second-order valence-corrected chi connectivity index (χ2v) is 8.79. The minimum atomic E-state index is 0.0360. The van der Waals surface area contributed by atoms with E-state index in [1.807, 2.05) is 24.3 Å². The molecule has 0 bridgehead atoms. The molecule has 3 heterocycles. The normalized spacial score (nSPS) is 18.2. The smallest absolute Gasteiger partial charge is 0.247 e. The number of nitrogens with zero attached hydrogens (tertiary/aromatic N) is 6. The number of halogens is 1. The SMILES string of the molecule is CNC(=O)[C@@H]1CC[C@@H](Nc2ncc3c(I)nn(-c4ccc(-c5nnc(C)o5)cc4)c3n2)C1. The van der Waals surface area contributed by atoms with Gasteiger partial charge in [-0.3, -0.25) is 4.79 Å². The molecule has 4 aromatic rings. The lowest BCUT2D eigenvalue weighted by atomic mass is 10.1. The number of amides is 1. The Morgan fingerprint density at radius 3 is 2.75 bits per heavy atom. The van der Waals surface area contributed by atoms with Gasteiger partial charge in [0.1, 0.15) is 3.70 Å². The molecule has 0 radical (unpaired) electrons. The van der Waals surface area contributed by atoms with Crippen LogP contribution < -0.4 is 10.6 Å². The molecule has 0 aliphatic heterocycles. The van der Waals surface area contributed by atoms with Gasteiger partial charge in [-0.25, -0.2) is 9.67 Å². The van der Waals surface area contributed by atoms with Gasteiger partial charge in [0, 0.05) is 37.7 Å². The highest BCUT2D eigenvalue weighted by molar-refractivity contribution is 14.1. The molecule has 1 amide bonds. The summed E-state index contributed by atoms with van der Waals surface area (Å²) in [6.45, 7) is 1.76. The second-order valence-electron chi connectivity index (χ2n) is 7.77. The molecule has 2 atom stereocenters. The van der Waals surface area contributed by atoms with Crippen molar-refractivity contribution in [3.63, 3.8) is 0 Å². The van der Waals surface area contributed by atoms with E-state index in [0.29, 0.717) is 23.4 Å². The third-order valence-electron chi connectivity index (χ3n) is 5.65. The molecule has 10 nitrogen and oxygen atoms in total. The molecule has 0 saturated heterocycles. The van der Waals surface area contributed by atoms with Crippen LogP contribution in [-0.2, 0) is 4.79 Å². The van der Waals surface area contributed by atoms with Gasteiger partial charge in [0.2, 0.25) is 23.6 Å². The van der Waals surface area contributed by atoms with Crippen LogP contribution in [0.25, 0.3) is 28.2 Å². The van der Waals surface area contributed by atoms with Crippen molar-refractivity contribution in [1.29, 1.82) is 0 Å². The van der Waals surface area contributed by atoms with Crippen LogP contribution in [0.3, 0.4) is 0 Å². The summed E-state index contributed by atoms with van der Waals surface area (Å²) in [7, 11) is 1.68. The Kier molecular flexibility index (Phi) is 5.49. The molecule has 1 saturated carbocycles. The third kappa shape index (κ3) is 3.92. The first-order chi connectivity index (χ1) is 15.5. The number of aryl methyl sites for hydroxylation is 1. The van der Waals surface area contributed by atoms with Gasteiger partial charge in [0.05, 0.1) is 11.1 Å². The largest absolute Gasteiger partial charge is 0.421 e. The van der Waals surface area contributed by atoms with E-state index in [0.717, 1.165) is 39.6 Å². The monoisotopic (exact) mass is 544 g/mol. The predicted molar refractivity (Wildman–Crippen MR) is 126 cm³/mol. The number of hydrogen-bond acceptors (Lipinski definition) is 8. The molecular formula is C21H21IN8O2. The topological polar surface area (TPSA) is 124 Å². The zero-order valence-electron chi connectivity index (χ0n) is 17.5. The van der Waals surface area contributed by atoms with E-state index in [-0.39, 0.29) is 17.9 Å². The first-order valence-electron chi connectivity index (χ1n) is 10.3. The highest BCUT2D eigenvalue weighted by Crippen LogP contribution is 2.29. The van der Waals surface area contributed by atoms with Gasteiger partial charge in [0.25, 0.3) is 0 Å². The van der Waals surface area contributed by atoms with Crippen LogP contribution in [0.5, 0.6) is 0 Å². The number of nitrogens with one attached hydrogen (secondary N) is 2. The lowest BCUT2D eigenvalue weighted by Crippen LogP contribution is -2.27. The highest BCUT2D eigenvalue weighted by Gasteiger charge is 2.29. The minimum absolute atomic E-state index is 0.0360. The van der Waals surface area contributed by atoms with Crippen LogP contribution in [-0.4, -0.2) is 48.9 Å². The van der Waals surface area contributed by atoms with Gasteiger partial charge in [-0.2, -0.15) is 10.1 Å². The van der Waals surface area contributed by atoms with Crippen molar-refractivity contribution in [2.45, 2.75) is 32.2 Å². The molecular weight excluding hydrogens is 523 g/mol. The number of anilines is 1. The molecule has 1 aliphatic rings.